The topological polar surface area (TPSA) is 86.0 Å². The molecule has 1 aliphatic rings. The highest BCUT2D eigenvalue weighted by Crippen LogP contribution is 2.34. The quantitative estimate of drug-likeness (QED) is 0.127. The molecule has 1 fully saturated rings. The number of furan rings is 1. The molecule has 1 aromatic heterocycles. The van der Waals surface area contributed by atoms with Crippen molar-refractivity contribution in [2.24, 2.45) is 23.2 Å². The second-order valence-electron chi connectivity index (χ2n) is 14.2. The highest BCUT2D eigenvalue weighted by molar-refractivity contribution is 5.91. The van der Waals surface area contributed by atoms with Crippen LogP contribution < -0.4 is 0 Å². The summed E-state index contributed by atoms with van der Waals surface area (Å²) in [6, 6.07) is 15.8. The van der Waals surface area contributed by atoms with Crippen LogP contribution in [0.1, 0.15) is 89.7 Å². The first-order valence-electron chi connectivity index (χ1n) is 16.1. The zero-order chi connectivity index (χ0) is 32.8. The Morgan fingerprint density at radius 3 is 2.31 bits per heavy atom. The zero-order valence-corrected chi connectivity index (χ0v) is 27.9. The molecule has 2 heterocycles. The molecule has 4 rings (SSSR count). The van der Waals surface area contributed by atoms with Gasteiger partial charge in [-0.05, 0) is 94.2 Å². The van der Waals surface area contributed by atoms with Crippen molar-refractivity contribution in [3.63, 3.8) is 0 Å². The Kier molecular flexibility index (Phi) is 11.0. The standard InChI is InChI=1S/C39H48O6/c1-26(2)18-31(19-27(3)4)14-16-32-22-39(24-40,45-36(32)41)25-43-37(42)38(6,7)23-34-21-33-20-30(15-17-35(33)44-34)13-12-29-10-8-28(5)9-11-29/h8-11,15-17,20-21,26-27,31,40H,14,18-19,22-25H2,1-7H3/b32-16+/t39-/m1/s1. The SMILES string of the molecule is Cc1ccc(C#Cc2ccc3oc(CC(C)(C)C(=O)OC[C@]4(CO)C/C(=C\CC(CC(C)C)CC(C)C)C(=O)O4)cc3c2)cc1. The summed E-state index contributed by atoms with van der Waals surface area (Å²) in [6.07, 6.45) is 5.45. The monoisotopic (exact) mass is 612 g/mol. The Hall–Kier alpha value is -3.82. The largest absolute Gasteiger partial charge is 0.461 e. The number of cyclic esters (lactones) is 1. The number of esters is 2. The van der Waals surface area contributed by atoms with Crippen molar-refractivity contribution in [1.29, 1.82) is 0 Å². The number of hydrogen-bond acceptors (Lipinski definition) is 6. The number of carbonyl (C=O) groups is 2. The lowest BCUT2D eigenvalue weighted by Gasteiger charge is -2.27. The fourth-order valence-corrected chi connectivity index (χ4v) is 5.96. The van der Waals surface area contributed by atoms with Crippen LogP contribution in [0.2, 0.25) is 0 Å². The Labute approximate surface area is 268 Å². The smallest absolute Gasteiger partial charge is 0.334 e. The first kappa shape index (κ1) is 34.1. The number of aliphatic hydroxyl groups excluding tert-OH is 1. The van der Waals surface area contributed by atoms with E-state index in [1.54, 1.807) is 13.8 Å². The fraction of sp³-hybridized carbons (Fsp3) is 0.487. The first-order chi connectivity index (χ1) is 21.3. The summed E-state index contributed by atoms with van der Waals surface area (Å²) in [4.78, 5) is 26.0. The highest BCUT2D eigenvalue weighted by Gasteiger charge is 2.45. The van der Waals surface area contributed by atoms with E-state index < -0.39 is 29.6 Å². The van der Waals surface area contributed by atoms with Crippen LogP contribution in [0, 0.1) is 41.9 Å². The van der Waals surface area contributed by atoms with E-state index in [-0.39, 0.29) is 13.0 Å². The van der Waals surface area contributed by atoms with Gasteiger partial charge in [0.15, 0.2) is 5.60 Å². The van der Waals surface area contributed by atoms with E-state index in [0.29, 0.717) is 35.5 Å². The van der Waals surface area contributed by atoms with Crippen LogP contribution in [-0.2, 0) is 25.5 Å². The summed E-state index contributed by atoms with van der Waals surface area (Å²) in [7, 11) is 0. The molecular weight excluding hydrogens is 564 g/mol. The van der Waals surface area contributed by atoms with Crippen LogP contribution in [-0.4, -0.2) is 35.9 Å². The number of benzene rings is 2. The van der Waals surface area contributed by atoms with Crippen LogP contribution in [0.15, 0.2) is 64.6 Å². The average Bonchev–Trinajstić information content (AvgIpc) is 3.52. The molecule has 1 N–H and O–H groups in total. The van der Waals surface area contributed by atoms with Gasteiger partial charge >= 0.3 is 11.9 Å². The van der Waals surface area contributed by atoms with Crippen LogP contribution in [0.4, 0.5) is 0 Å². The third-order valence-corrected chi connectivity index (χ3v) is 8.28. The van der Waals surface area contributed by atoms with Gasteiger partial charge < -0.3 is 19.0 Å². The minimum absolute atomic E-state index is 0.209. The van der Waals surface area contributed by atoms with Crippen molar-refractivity contribution in [2.45, 2.75) is 86.2 Å². The molecule has 1 atom stereocenters. The second kappa shape index (κ2) is 14.5. The summed E-state index contributed by atoms with van der Waals surface area (Å²) >= 11 is 0. The average molecular weight is 613 g/mol. The van der Waals surface area contributed by atoms with Crippen LogP contribution in [0.3, 0.4) is 0 Å². The van der Waals surface area contributed by atoms with Crippen molar-refractivity contribution >= 4 is 22.9 Å². The van der Waals surface area contributed by atoms with Gasteiger partial charge in [-0.1, -0.05) is 63.3 Å². The Bertz CT molecular complexity index is 1570. The molecule has 0 bridgehead atoms. The van der Waals surface area contributed by atoms with Crippen LogP contribution >= 0.6 is 0 Å². The molecule has 240 valence electrons. The Morgan fingerprint density at radius 1 is 1.02 bits per heavy atom. The number of hydrogen-bond donors (Lipinski definition) is 1. The van der Waals surface area contributed by atoms with Crippen molar-refractivity contribution in [1.82, 2.24) is 0 Å². The van der Waals surface area contributed by atoms with Gasteiger partial charge in [0.25, 0.3) is 0 Å². The maximum absolute atomic E-state index is 13.3. The van der Waals surface area contributed by atoms with Crippen molar-refractivity contribution in [3.8, 4) is 11.8 Å². The summed E-state index contributed by atoms with van der Waals surface area (Å²) < 4.78 is 17.4. The maximum Gasteiger partial charge on any atom is 0.334 e. The van der Waals surface area contributed by atoms with Gasteiger partial charge in [-0.15, -0.1) is 0 Å². The van der Waals surface area contributed by atoms with Gasteiger partial charge in [-0.3, -0.25) is 4.79 Å². The molecule has 3 aromatic rings. The summed E-state index contributed by atoms with van der Waals surface area (Å²) in [6.45, 7) is 13.9. The molecular formula is C39H48O6. The van der Waals surface area contributed by atoms with E-state index in [1.807, 2.05) is 61.5 Å². The molecule has 1 aliphatic heterocycles. The lowest BCUT2D eigenvalue weighted by atomic mass is 9.86. The van der Waals surface area contributed by atoms with Crippen LogP contribution in [0.5, 0.6) is 0 Å². The minimum Gasteiger partial charge on any atom is -0.461 e. The van der Waals surface area contributed by atoms with Gasteiger partial charge in [0.1, 0.15) is 18.0 Å². The third-order valence-electron chi connectivity index (χ3n) is 8.28. The highest BCUT2D eigenvalue weighted by atomic mass is 16.6. The van der Waals surface area contributed by atoms with E-state index >= 15 is 0 Å². The molecule has 0 saturated carbocycles. The number of carbonyl (C=O) groups excluding carboxylic acids is 2. The molecule has 0 amide bonds. The number of aliphatic hydroxyl groups is 1. The Balaban J connectivity index is 1.37. The minimum atomic E-state index is -1.27. The molecule has 0 radical (unpaired) electrons. The van der Waals surface area contributed by atoms with Gasteiger partial charge in [0, 0.05) is 34.9 Å². The van der Waals surface area contributed by atoms with E-state index in [0.717, 1.165) is 41.4 Å². The summed E-state index contributed by atoms with van der Waals surface area (Å²) in [5.74, 6) is 7.78. The molecule has 0 unspecified atom stereocenters. The predicted molar refractivity (Wildman–Crippen MR) is 177 cm³/mol. The molecule has 45 heavy (non-hydrogen) atoms. The summed E-state index contributed by atoms with van der Waals surface area (Å²) in [5, 5.41) is 11.1. The molecule has 0 spiro atoms. The molecule has 0 aliphatic carbocycles. The van der Waals surface area contributed by atoms with Crippen molar-refractivity contribution in [2.75, 3.05) is 13.2 Å². The van der Waals surface area contributed by atoms with Gasteiger partial charge in [0.2, 0.25) is 0 Å². The Morgan fingerprint density at radius 2 is 1.67 bits per heavy atom. The lowest BCUT2D eigenvalue weighted by Crippen LogP contribution is -2.41. The number of fused-ring (bicyclic) bond motifs is 1. The number of rotatable bonds is 12. The van der Waals surface area contributed by atoms with Gasteiger partial charge in [0.05, 0.1) is 12.0 Å². The maximum atomic E-state index is 13.3. The van der Waals surface area contributed by atoms with Crippen molar-refractivity contribution in [3.05, 3.63) is 82.6 Å². The molecule has 2 aromatic carbocycles. The number of aryl methyl sites for hydroxylation is 1. The van der Waals surface area contributed by atoms with E-state index in [9.17, 15) is 14.7 Å². The number of allylic oxidation sites excluding steroid dienone is 1. The molecule has 6 nitrogen and oxygen atoms in total. The number of ether oxygens (including phenoxy) is 2. The molecule has 1 saturated heterocycles. The second-order valence-corrected chi connectivity index (χ2v) is 14.2. The first-order valence-corrected chi connectivity index (χ1v) is 16.1. The van der Waals surface area contributed by atoms with E-state index in [4.69, 9.17) is 13.9 Å². The van der Waals surface area contributed by atoms with E-state index in [2.05, 4.69) is 39.5 Å². The van der Waals surface area contributed by atoms with Crippen molar-refractivity contribution < 1.29 is 28.6 Å². The predicted octanol–water partition coefficient (Wildman–Crippen LogP) is 7.96. The van der Waals surface area contributed by atoms with E-state index in [1.165, 1.54) is 5.56 Å². The summed E-state index contributed by atoms with van der Waals surface area (Å²) in [5.41, 5.74) is 2.10. The molecule has 6 heteroatoms. The third kappa shape index (κ3) is 9.34. The fourth-order valence-electron chi connectivity index (χ4n) is 5.96. The normalized spacial score (nSPS) is 17.8. The van der Waals surface area contributed by atoms with Gasteiger partial charge in [-0.2, -0.15) is 0 Å². The van der Waals surface area contributed by atoms with Crippen LogP contribution in [0.25, 0.3) is 11.0 Å². The van der Waals surface area contributed by atoms with Gasteiger partial charge in [-0.25, -0.2) is 4.79 Å². The lowest BCUT2D eigenvalue weighted by molar-refractivity contribution is -0.172. The zero-order valence-electron chi connectivity index (χ0n) is 27.9.